The van der Waals surface area contributed by atoms with Crippen LogP contribution in [0.15, 0.2) is 84.6 Å². The van der Waals surface area contributed by atoms with Crippen molar-refractivity contribution in [2.75, 3.05) is 18.0 Å². The number of para-hydroxylation sites is 1. The van der Waals surface area contributed by atoms with Gasteiger partial charge in [0.2, 0.25) is 5.69 Å². The largest absolute Gasteiger partial charge is 0.344 e. The standard InChI is InChI=1S/C63H99N2/c1-7-9-11-13-15-17-19-21-22-23-24-25-26-27-28-30-32-34-36-42-53-65-58-51-50-54-44-37-38-45-55(54)61(58)63(5,6)60(65)49-43-48-59-62(3,4)56-46-39-40-47-57(56)64(59)52-41-35-33-31-29-20-18-16-14-12-10-8-2/h37-40,43-51H,7-36,41-42,52-53H2,1-6H3/q+1. The van der Waals surface area contributed by atoms with E-state index >= 15 is 0 Å². The third-order valence-corrected chi connectivity index (χ3v) is 15.5. The molecule has 0 aliphatic carbocycles. The highest BCUT2D eigenvalue weighted by atomic mass is 15.2. The summed E-state index contributed by atoms with van der Waals surface area (Å²) in [7, 11) is 0. The van der Waals surface area contributed by atoms with E-state index in [0.717, 1.165) is 13.1 Å². The van der Waals surface area contributed by atoms with Crippen molar-refractivity contribution in [2.24, 2.45) is 0 Å². The Morgan fingerprint density at radius 3 is 1.43 bits per heavy atom. The number of hydrogen-bond donors (Lipinski definition) is 0. The average molecular weight is 884 g/mol. The SMILES string of the molecule is CCCCCCCCCCCCCCCCCCCCCC[N+]1=C(/C=C/C=C2/N(CCCCCCCCCCCCCC)c3ccccc3C2(C)C)C(C)(C)c2c1ccc1ccccc21. The molecule has 0 spiro atoms. The monoisotopic (exact) mass is 884 g/mol. The summed E-state index contributed by atoms with van der Waals surface area (Å²) >= 11 is 0. The molecule has 2 aliphatic rings. The highest BCUT2D eigenvalue weighted by Crippen LogP contribution is 2.48. The predicted octanol–water partition coefficient (Wildman–Crippen LogP) is 20.0. The maximum atomic E-state index is 2.70. The Morgan fingerprint density at radius 1 is 0.462 bits per heavy atom. The van der Waals surface area contributed by atoms with Gasteiger partial charge in [0.05, 0.1) is 5.41 Å². The van der Waals surface area contributed by atoms with Gasteiger partial charge in [0.25, 0.3) is 0 Å². The number of benzene rings is 3. The third-order valence-electron chi connectivity index (χ3n) is 15.5. The molecular formula is C63H99N2+. The van der Waals surface area contributed by atoms with Gasteiger partial charge in [-0.15, -0.1) is 0 Å². The van der Waals surface area contributed by atoms with Crippen LogP contribution in [0.4, 0.5) is 11.4 Å². The molecule has 5 rings (SSSR count). The lowest BCUT2D eigenvalue weighted by Gasteiger charge is -2.27. The first-order chi connectivity index (χ1) is 31.8. The van der Waals surface area contributed by atoms with Gasteiger partial charge in [-0.25, -0.2) is 0 Å². The first kappa shape index (κ1) is 52.8. The van der Waals surface area contributed by atoms with Crippen molar-refractivity contribution >= 4 is 27.9 Å². The number of nitrogens with zero attached hydrogens (tertiary/aromatic N) is 2. The topological polar surface area (TPSA) is 6.25 Å². The molecule has 0 saturated carbocycles. The normalized spacial score (nSPS) is 15.9. The minimum absolute atomic E-state index is 0.0286. The van der Waals surface area contributed by atoms with Crippen LogP contribution in [0, 0.1) is 0 Å². The van der Waals surface area contributed by atoms with Crippen LogP contribution in [0.5, 0.6) is 0 Å². The van der Waals surface area contributed by atoms with Crippen LogP contribution < -0.4 is 4.90 Å². The molecule has 0 N–H and O–H groups in total. The zero-order valence-corrected chi connectivity index (χ0v) is 43.4. The quantitative estimate of drug-likeness (QED) is 0.0417. The van der Waals surface area contributed by atoms with Crippen LogP contribution in [-0.2, 0) is 10.8 Å². The molecule has 0 amide bonds. The summed E-state index contributed by atoms with van der Waals surface area (Å²) in [5.41, 5.74) is 8.57. The molecule has 2 heteroatoms. The number of unbranched alkanes of at least 4 members (excludes halogenated alkanes) is 30. The fourth-order valence-corrected chi connectivity index (χ4v) is 11.5. The Morgan fingerprint density at radius 2 is 0.908 bits per heavy atom. The molecule has 2 aliphatic heterocycles. The predicted molar refractivity (Wildman–Crippen MR) is 290 cm³/mol. The Labute approximate surface area is 402 Å². The van der Waals surface area contributed by atoms with E-state index in [1.807, 2.05) is 0 Å². The van der Waals surface area contributed by atoms with Crippen LogP contribution in [0.3, 0.4) is 0 Å². The first-order valence-corrected chi connectivity index (χ1v) is 28.3. The summed E-state index contributed by atoms with van der Waals surface area (Å²) < 4.78 is 2.70. The number of allylic oxidation sites excluding steroid dienone is 4. The molecule has 0 fully saturated rings. The van der Waals surface area contributed by atoms with Crippen LogP contribution >= 0.6 is 0 Å². The van der Waals surface area contributed by atoms with E-state index in [2.05, 4.69) is 130 Å². The molecule has 3 aromatic carbocycles. The fraction of sp³-hybridized carbons (Fsp3) is 0.667. The van der Waals surface area contributed by atoms with Gasteiger partial charge in [-0.2, -0.15) is 4.58 Å². The van der Waals surface area contributed by atoms with E-state index in [0.29, 0.717) is 0 Å². The van der Waals surface area contributed by atoms with Crippen molar-refractivity contribution in [1.29, 1.82) is 0 Å². The van der Waals surface area contributed by atoms with Crippen LogP contribution in [-0.4, -0.2) is 23.4 Å². The second-order valence-electron chi connectivity index (χ2n) is 21.7. The minimum Gasteiger partial charge on any atom is -0.344 e. The lowest BCUT2D eigenvalue weighted by molar-refractivity contribution is -0.438. The van der Waals surface area contributed by atoms with Gasteiger partial charge < -0.3 is 4.90 Å². The summed E-state index contributed by atoms with van der Waals surface area (Å²) in [6.45, 7) is 16.6. The van der Waals surface area contributed by atoms with E-state index in [-0.39, 0.29) is 10.8 Å². The highest BCUT2D eigenvalue weighted by Gasteiger charge is 2.45. The van der Waals surface area contributed by atoms with Crippen LogP contribution in [0.25, 0.3) is 10.8 Å². The summed E-state index contributed by atoms with van der Waals surface area (Å²) in [5.74, 6) is 0. The number of anilines is 1. The van der Waals surface area contributed by atoms with Crippen molar-refractivity contribution < 1.29 is 4.58 Å². The second-order valence-corrected chi connectivity index (χ2v) is 21.7. The Bertz CT molecular complexity index is 1870. The zero-order chi connectivity index (χ0) is 46.0. The van der Waals surface area contributed by atoms with Gasteiger partial charge >= 0.3 is 0 Å². The second kappa shape index (κ2) is 29.6. The fourth-order valence-electron chi connectivity index (χ4n) is 11.5. The molecule has 0 atom stereocenters. The molecular weight excluding hydrogens is 785 g/mol. The lowest BCUT2D eigenvalue weighted by atomic mass is 9.79. The van der Waals surface area contributed by atoms with Gasteiger partial charge in [-0.05, 0) is 61.2 Å². The van der Waals surface area contributed by atoms with Gasteiger partial charge in [0.15, 0.2) is 5.71 Å². The van der Waals surface area contributed by atoms with Crippen LogP contribution in [0.2, 0.25) is 0 Å². The van der Waals surface area contributed by atoms with Gasteiger partial charge in [-0.3, -0.25) is 0 Å². The van der Waals surface area contributed by atoms with Gasteiger partial charge in [0, 0.05) is 47.5 Å². The average Bonchev–Trinajstić information content (AvgIpc) is 3.66. The lowest BCUT2D eigenvalue weighted by Crippen LogP contribution is -2.28. The van der Waals surface area contributed by atoms with E-state index in [1.165, 1.54) is 250 Å². The van der Waals surface area contributed by atoms with E-state index in [9.17, 15) is 0 Å². The Kier molecular flexibility index (Phi) is 24.1. The molecule has 0 radical (unpaired) electrons. The smallest absolute Gasteiger partial charge is 0.210 e. The number of fused-ring (bicyclic) bond motifs is 4. The molecule has 360 valence electrons. The van der Waals surface area contributed by atoms with Crippen molar-refractivity contribution in [2.45, 2.75) is 258 Å². The summed E-state index contributed by atoms with van der Waals surface area (Å²) in [5, 5.41) is 2.76. The van der Waals surface area contributed by atoms with Crippen molar-refractivity contribution in [3.8, 4) is 0 Å². The van der Waals surface area contributed by atoms with E-state index in [1.54, 1.807) is 0 Å². The molecule has 65 heavy (non-hydrogen) atoms. The third kappa shape index (κ3) is 16.3. The molecule has 3 aromatic rings. The number of rotatable bonds is 36. The molecule has 0 saturated heterocycles. The molecule has 0 aromatic heterocycles. The van der Waals surface area contributed by atoms with Gasteiger partial charge in [-0.1, -0.05) is 262 Å². The minimum atomic E-state index is -0.0817. The zero-order valence-electron chi connectivity index (χ0n) is 43.4. The van der Waals surface area contributed by atoms with E-state index in [4.69, 9.17) is 0 Å². The first-order valence-electron chi connectivity index (χ1n) is 28.3. The number of hydrogen-bond acceptors (Lipinski definition) is 1. The molecule has 2 nitrogen and oxygen atoms in total. The Hall–Kier alpha value is -3.13. The summed E-state index contributed by atoms with van der Waals surface area (Å²) in [6.07, 6.45) is 52.5. The van der Waals surface area contributed by atoms with E-state index < -0.39 is 0 Å². The summed E-state index contributed by atoms with van der Waals surface area (Å²) in [4.78, 5) is 2.67. The molecule has 0 unspecified atom stereocenters. The maximum Gasteiger partial charge on any atom is 0.210 e. The molecule has 2 heterocycles. The summed E-state index contributed by atoms with van der Waals surface area (Å²) in [6, 6.07) is 23.0. The molecule has 0 bridgehead atoms. The van der Waals surface area contributed by atoms with Crippen molar-refractivity contribution in [3.63, 3.8) is 0 Å². The maximum absolute atomic E-state index is 2.70. The highest BCUT2D eigenvalue weighted by molar-refractivity contribution is 6.07. The van der Waals surface area contributed by atoms with Crippen molar-refractivity contribution in [3.05, 3.63) is 95.7 Å². The van der Waals surface area contributed by atoms with Crippen LogP contribution in [0.1, 0.15) is 258 Å². The van der Waals surface area contributed by atoms with Gasteiger partial charge in [0.1, 0.15) is 6.54 Å². The Balaban J connectivity index is 1.12. The van der Waals surface area contributed by atoms with Crippen molar-refractivity contribution in [1.82, 2.24) is 0 Å².